The minimum absolute atomic E-state index is 0.212. The number of carboxylic acids is 1. The van der Waals surface area contributed by atoms with E-state index in [0.29, 0.717) is 23.6 Å². The number of carbonyl (C=O) groups excluding carboxylic acids is 1. The number of aryl methyl sites for hydroxylation is 2. The molecule has 1 atom stereocenters. The summed E-state index contributed by atoms with van der Waals surface area (Å²) in [5, 5.41) is 15.9. The fourth-order valence-electron chi connectivity index (χ4n) is 4.81. The second kappa shape index (κ2) is 12.3. The van der Waals surface area contributed by atoms with Gasteiger partial charge in [0.2, 0.25) is 0 Å². The van der Waals surface area contributed by atoms with Crippen LogP contribution in [0.25, 0.3) is 0 Å². The molecule has 1 amide bonds. The summed E-state index contributed by atoms with van der Waals surface area (Å²) in [5.74, 6) is 0.0668. The molecule has 1 saturated heterocycles. The molecule has 1 unspecified atom stereocenters. The van der Waals surface area contributed by atoms with Crippen molar-refractivity contribution >= 4 is 23.4 Å². The number of amides is 1. The third kappa shape index (κ3) is 6.84. The normalized spacial score (nSPS) is 14.7. The second-order valence-electron chi connectivity index (χ2n) is 9.56. The van der Waals surface area contributed by atoms with Crippen molar-refractivity contribution in [2.75, 3.05) is 29.9 Å². The third-order valence-electron chi connectivity index (χ3n) is 7.00. The standard InChI is InChI=1S/C29H35N5O3/c1-3-24-27(20(2)11-15-30-24)28(35)33-25(29(36)37)18-21-7-9-23(10-8-21)34-16-12-22(13-17-34)19-32-26-6-4-5-14-31-26/h4-11,14-15,22,25H,3,12-13,16-19H2,1-2H3,(H,31,32)(H,33,35)(H,36,37). The van der Waals surface area contributed by atoms with E-state index in [0.717, 1.165) is 55.1 Å². The minimum atomic E-state index is -1.06. The number of hydrogen-bond acceptors (Lipinski definition) is 6. The fraction of sp³-hybridized carbons (Fsp3) is 0.379. The van der Waals surface area contributed by atoms with Crippen LogP contribution in [0.2, 0.25) is 0 Å². The molecule has 0 spiro atoms. The van der Waals surface area contributed by atoms with Crippen LogP contribution < -0.4 is 15.5 Å². The van der Waals surface area contributed by atoms with E-state index in [4.69, 9.17) is 0 Å². The largest absolute Gasteiger partial charge is 0.480 e. The van der Waals surface area contributed by atoms with Gasteiger partial charge in [-0.1, -0.05) is 25.1 Å². The van der Waals surface area contributed by atoms with Crippen molar-refractivity contribution in [3.05, 3.63) is 83.3 Å². The number of rotatable bonds is 10. The molecule has 3 heterocycles. The molecule has 1 aliphatic heterocycles. The Kier molecular flexibility index (Phi) is 8.72. The van der Waals surface area contributed by atoms with Gasteiger partial charge in [-0.25, -0.2) is 9.78 Å². The number of aliphatic carboxylic acids is 1. The minimum Gasteiger partial charge on any atom is -0.480 e. The lowest BCUT2D eigenvalue weighted by Crippen LogP contribution is -2.43. The number of benzene rings is 1. The van der Waals surface area contributed by atoms with Crippen molar-refractivity contribution in [3.63, 3.8) is 0 Å². The Morgan fingerprint density at radius 2 is 1.81 bits per heavy atom. The van der Waals surface area contributed by atoms with E-state index in [1.807, 2.05) is 56.3 Å². The number of piperidine rings is 1. The Hall–Kier alpha value is -3.94. The van der Waals surface area contributed by atoms with E-state index in [9.17, 15) is 14.7 Å². The number of carboxylic acid groups (broad SMARTS) is 1. The molecular weight excluding hydrogens is 466 g/mol. The van der Waals surface area contributed by atoms with E-state index in [1.165, 1.54) is 0 Å². The van der Waals surface area contributed by atoms with Gasteiger partial charge in [0.25, 0.3) is 5.91 Å². The number of hydrogen-bond donors (Lipinski definition) is 3. The lowest BCUT2D eigenvalue weighted by atomic mass is 9.96. The van der Waals surface area contributed by atoms with Gasteiger partial charge in [0, 0.05) is 44.1 Å². The highest BCUT2D eigenvalue weighted by Crippen LogP contribution is 2.24. The zero-order valence-electron chi connectivity index (χ0n) is 21.5. The molecule has 194 valence electrons. The van der Waals surface area contributed by atoms with Crippen LogP contribution in [0.3, 0.4) is 0 Å². The van der Waals surface area contributed by atoms with Gasteiger partial charge in [-0.05, 0) is 73.6 Å². The molecular formula is C29H35N5O3. The Labute approximate surface area is 218 Å². The van der Waals surface area contributed by atoms with Crippen molar-refractivity contribution in [1.29, 1.82) is 0 Å². The van der Waals surface area contributed by atoms with E-state index < -0.39 is 17.9 Å². The average molecular weight is 502 g/mol. The first-order valence-corrected chi connectivity index (χ1v) is 12.9. The molecule has 1 aromatic carbocycles. The van der Waals surface area contributed by atoms with Crippen LogP contribution in [0.4, 0.5) is 11.5 Å². The van der Waals surface area contributed by atoms with Crippen LogP contribution in [-0.2, 0) is 17.6 Å². The Morgan fingerprint density at radius 1 is 1.05 bits per heavy atom. The first kappa shape index (κ1) is 26.1. The van der Waals surface area contributed by atoms with Crippen LogP contribution >= 0.6 is 0 Å². The molecule has 4 rings (SSSR count). The highest BCUT2D eigenvalue weighted by molar-refractivity contribution is 5.98. The van der Waals surface area contributed by atoms with Crippen LogP contribution in [0.5, 0.6) is 0 Å². The molecule has 37 heavy (non-hydrogen) atoms. The first-order valence-electron chi connectivity index (χ1n) is 12.9. The zero-order chi connectivity index (χ0) is 26.2. The lowest BCUT2D eigenvalue weighted by molar-refractivity contribution is -0.139. The number of pyridine rings is 2. The Bertz CT molecular complexity index is 1190. The van der Waals surface area contributed by atoms with Crippen LogP contribution in [0, 0.1) is 12.8 Å². The fourth-order valence-corrected chi connectivity index (χ4v) is 4.81. The molecule has 8 nitrogen and oxygen atoms in total. The maximum atomic E-state index is 12.9. The molecule has 1 fully saturated rings. The molecule has 0 saturated carbocycles. The summed E-state index contributed by atoms with van der Waals surface area (Å²) in [6.07, 6.45) is 6.48. The monoisotopic (exact) mass is 501 g/mol. The summed E-state index contributed by atoms with van der Waals surface area (Å²) in [6.45, 7) is 6.64. The van der Waals surface area contributed by atoms with Crippen molar-refractivity contribution in [1.82, 2.24) is 15.3 Å². The SMILES string of the molecule is CCc1nccc(C)c1C(=O)NC(Cc1ccc(N2CCC(CNc3ccccn3)CC2)cc1)C(=O)O. The molecule has 8 heteroatoms. The third-order valence-corrected chi connectivity index (χ3v) is 7.00. The van der Waals surface area contributed by atoms with Crippen LogP contribution in [0.15, 0.2) is 60.9 Å². The highest BCUT2D eigenvalue weighted by Gasteiger charge is 2.24. The van der Waals surface area contributed by atoms with E-state index in [2.05, 4.69) is 25.5 Å². The summed E-state index contributed by atoms with van der Waals surface area (Å²) >= 11 is 0. The van der Waals surface area contributed by atoms with Crippen LogP contribution in [0.1, 0.15) is 46.9 Å². The van der Waals surface area contributed by atoms with Gasteiger partial charge in [-0.2, -0.15) is 0 Å². The van der Waals surface area contributed by atoms with Crippen molar-refractivity contribution in [2.45, 2.75) is 45.6 Å². The number of anilines is 2. The maximum absolute atomic E-state index is 12.9. The Morgan fingerprint density at radius 3 is 2.46 bits per heavy atom. The van der Waals surface area contributed by atoms with Gasteiger partial charge in [0.05, 0.1) is 11.3 Å². The average Bonchev–Trinajstić information content (AvgIpc) is 2.92. The quantitative estimate of drug-likeness (QED) is 0.384. The van der Waals surface area contributed by atoms with Crippen molar-refractivity contribution in [2.24, 2.45) is 5.92 Å². The van der Waals surface area contributed by atoms with Gasteiger partial charge in [-0.3, -0.25) is 9.78 Å². The summed E-state index contributed by atoms with van der Waals surface area (Å²) in [6, 6.07) is 14.6. The summed E-state index contributed by atoms with van der Waals surface area (Å²) in [4.78, 5) is 35.9. The first-order chi connectivity index (χ1) is 17.9. The highest BCUT2D eigenvalue weighted by atomic mass is 16.4. The number of nitrogens with one attached hydrogen (secondary N) is 2. The number of nitrogens with zero attached hydrogens (tertiary/aromatic N) is 3. The van der Waals surface area contributed by atoms with E-state index in [1.54, 1.807) is 18.5 Å². The topological polar surface area (TPSA) is 107 Å². The van der Waals surface area contributed by atoms with E-state index >= 15 is 0 Å². The molecule has 3 aromatic rings. The van der Waals surface area contributed by atoms with Gasteiger partial charge < -0.3 is 20.6 Å². The molecule has 0 aliphatic carbocycles. The molecule has 0 bridgehead atoms. The van der Waals surface area contributed by atoms with Crippen molar-refractivity contribution < 1.29 is 14.7 Å². The molecule has 3 N–H and O–H groups in total. The second-order valence-corrected chi connectivity index (χ2v) is 9.56. The van der Waals surface area contributed by atoms with Crippen molar-refractivity contribution in [3.8, 4) is 0 Å². The Balaban J connectivity index is 1.31. The summed E-state index contributed by atoms with van der Waals surface area (Å²) < 4.78 is 0. The van der Waals surface area contributed by atoms with Gasteiger partial charge in [-0.15, -0.1) is 0 Å². The smallest absolute Gasteiger partial charge is 0.326 e. The van der Waals surface area contributed by atoms with E-state index in [-0.39, 0.29) is 6.42 Å². The van der Waals surface area contributed by atoms with Gasteiger partial charge >= 0.3 is 5.97 Å². The lowest BCUT2D eigenvalue weighted by Gasteiger charge is -2.34. The molecule has 1 aliphatic rings. The van der Waals surface area contributed by atoms with Gasteiger partial charge in [0.15, 0.2) is 0 Å². The summed E-state index contributed by atoms with van der Waals surface area (Å²) in [5.41, 5.74) is 3.92. The predicted molar refractivity (Wildman–Crippen MR) is 145 cm³/mol. The zero-order valence-corrected chi connectivity index (χ0v) is 21.5. The number of carbonyl (C=O) groups is 2. The maximum Gasteiger partial charge on any atom is 0.326 e. The summed E-state index contributed by atoms with van der Waals surface area (Å²) in [7, 11) is 0. The van der Waals surface area contributed by atoms with Gasteiger partial charge in [0.1, 0.15) is 11.9 Å². The molecule has 0 radical (unpaired) electrons. The molecule has 2 aromatic heterocycles. The predicted octanol–water partition coefficient (Wildman–Crippen LogP) is 4.10. The number of aromatic nitrogens is 2. The van der Waals surface area contributed by atoms with Crippen LogP contribution in [-0.4, -0.2) is 52.6 Å².